The summed E-state index contributed by atoms with van der Waals surface area (Å²) in [6.45, 7) is 2.09. The van der Waals surface area contributed by atoms with Crippen molar-refractivity contribution in [1.82, 2.24) is 0 Å². The number of halogens is 1. The molecule has 0 N–H and O–H groups in total. The minimum atomic E-state index is -0.0227. The summed E-state index contributed by atoms with van der Waals surface area (Å²) in [7, 11) is 1.74. The van der Waals surface area contributed by atoms with Crippen LogP contribution in [0.25, 0.3) is 0 Å². The van der Waals surface area contributed by atoms with E-state index in [0.717, 1.165) is 10.0 Å². The summed E-state index contributed by atoms with van der Waals surface area (Å²) >= 11 is 3.57. The first kappa shape index (κ1) is 12.3. The van der Waals surface area contributed by atoms with Crippen LogP contribution in [0.4, 0.5) is 0 Å². The Morgan fingerprint density at radius 2 is 1.82 bits per heavy atom. The quantitative estimate of drug-likeness (QED) is 0.809. The number of hydrogen-bond acceptors (Lipinski definition) is 1. The van der Waals surface area contributed by atoms with Gasteiger partial charge in [-0.2, -0.15) is 0 Å². The Labute approximate surface area is 111 Å². The molecule has 1 nitrogen and oxygen atoms in total. The molecule has 1 atom stereocenters. The first-order chi connectivity index (χ1) is 8.22. The maximum Gasteiger partial charge on any atom is 0.108 e. The molecule has 0 bridgehead atoms. The van der Waals surface area contributed by atoms with Crippen LogP contribution >= 0.6 is 15.9 Å². The number of ether oxygens (including phenoxy) is 1. The average molecular weight is 291 g/mol. The summed E-state index contributed by atoms with van der Waals surface area (Å²) in [5, 5.41) is 0. The van der Waals surface area contributed by atoms with Crippen LogP contribution in [0, 0.1) is 6.92 Å². The lowest BCUT2D eigenvalue weighted by Gasteiger charge is -2.18. The average Bonchev–Trinajstić information content (AvgIpc) is 2.33. The van der Waals surface area contributed by atoms with E-state index >= 15 is 0 Å². The number of aryl methyl sites for hydroxylation is 1. The molecule has 2 rings (SSSR count). The Kier molecular flexibility index (Phi) is 3.97. The second-order valence-electron chi connectivity index (χ2n) is 4.05. The standard InChI is InChI=1S/C15H15BrO/c1-11-6-5-7-12(10-11)15(17-2)13-8-3-4-9-14(13)16/h3-10,15H,1-2H3/t15-/m1/s1. The van der Waals surface area contributed by atoms with Crippen molar-refractivity contribution in [2.45, 2.75) is 13.0 Å². The molecule has 0 unspecified atom stereocenters. The summed E-state index contributed by atoms with van der Waals surface area (Å²) in [6, 6.07) is 16.6. The first-order valence-corrected chi connectivity index (χ1v) is 6.35. The molecular formula is C15H15BrO. The highest BCUT2D eigenvalue weighted by Crippen LogP contribution is 2.31. The van der Waals surface area contributed by atoms with Crippen molar-refractivity contribution in [3.05, 3.63) is 69.7 Å². The van der Waals surface area contributed by atoms with E-state index in [2.05, 4.69) is 53.2 Å². The van der Waals surface area contributed by atoms with Gasteiger partial charge in [-0.05, 0) is 24.1 Å². The van der Waals surface area contributed by atoms with Crippen molar-refractivity contribution in [2.75, 3.05) is 7.11 Å². The number of methoxy groups -OCH3 is 1. The van der Waals surface area contributed by atoms with Crippen molar-refractivity contribution in [3.8, 4) is 0 Å². The minimum Gasteiger partial charge on any atom is -0.372 e. The van der Waals surface area contributed by atoms with Gasteiger partial charge in [0.25, 0.3) is 0 Å². The third-order valence-corrected chi connectivity index (χ3v) is 3.49. The zero-order chi connectivity index (χ0) is 12.3. The molecule has 2 aromatic rings. The van der Waals surface area contributed by atoms with Crippen molar-refractivity contribution < 1.29 is 4.74 Å². The monoisotopic (exact) mass is 290 g/mol. The predicted molar refractivity (Wildman–Crippen MR) is 74.2 cm³/mol. The van der Waals surface area contributed by atoms with E-state index in [1.165, 1.54) is 11.1 Å². The Morgan fingerprint density at radius 1 is 1.06 bits per heavy atom. The molecule has 0 aromatic heterocycles. The van der Waals surface area contributed by atoms with E-state index in [1.54, 1.807) is 7.11 Å². The third-order valence-electron chi connectivity index (χ3n) is 2.77. The number of hydrogen-bond donors (Lipinski definition) is 0. The molecule has 0 spiro atoms. The molecule has 17 heavy (non-hydrogen) atoms. The van der Waals surface area contributed by atoms with E-state index in [0.29, 0.717) is 0 Å². The van der Waals surface area contributed by atoms with Crippen molar-refractivity contribution in [3.63, 3.8) is 0 Å². The minimum absolute atomic E-state index is 0.0227. The van der Waals surface area contributed by atoms with Crippen LogP contribution in [-0.2, 0) is 4.74 Å². The Hall–Kier alpha value is -1.12. The van der Waals surface area contributed by atoms with Crippen molar-refractivity contribution in [2.24, 2.45) is 0 Å². The van der Waals surface area contributed by atoms with Crippen LogP contribution in [0.2, 0.25) is 0 Å². The van der Waals surface area contributed by atoms with Gasteiger partial charge in [0.15, 0.2) is 0 Å². The van der Waals surface area contributed by atoms with E-state index < -0.39 is 0 Å². The molecule has 0 heterocycles. The molecule has 0 saturated heterocycles. The Morgan fingerprint density at radius 3 is 2.47 bits per heavy atom. The van der Waals surface area contributed by atoms with Crippen LogP contribution in [0.5, 0.6) is 0 Å². The van der Waals surface area contributed by atoms with Gasteiger partial charge in [-0.1, -0.05) is 64.0 Å². The number of rotatable bonds is 3. The van der Waals surface area contributed by atoms with Gasteiger partial charge in [0.1, 0.15) is 6.10 Å². The summed E-state index contributed by atoms with van der Waals surface area (Å²) in [5.41, 5.74) is 3.58. The molecule has 0 aliphatic rings. The second-order valence-corrected chi connectivity index (χ2v) is 4.91. The summed E-state index contributed by atoms with van der Waals surface area (Å²) < 4.78 is 6.71. The maximum absolute atomic E-state index is 5.63. The van der Waals surface area contributed by atoms with E-state index in [-0.39, 0.29) is 6.10 Å². The van der Waals surface area contributed by atoms with E-state index in [1.807, 2.05) is 18.2 Å². The fourth-order valence-electron chi connectivity index (χ4n) is 1.96. The van der Waals surface area contributed by atoms with Gasteiger partial charge in [-0.3, -0.25) is 0 Å². The van der Waals surface area contributed by atoms with Gasteiger partial charge < -0.3 is 4.74 Å². The van der Waals surface area contributed by atoms with Gasteiger partial charge in [0.05, 0.1) is 0 Å². The summed E-state index contributed by atoms with van der Waals surface area (Å²) in [5.74, 6) is 0. The lowest BCUT2D eigenvalue weighted by molar-refractivity contribution is 0.136. The molecule has 88 valence electrons. The van der Waals surface area contributed by atoms with Crippen molar-refractivity contribution in [1.29, 1.82) is 0 Å². The molecule has 2 aromatic carbocycles. The highest BCUT2D eigenvalue weighted by molar-refractivity contribution is 9.10. The zero-order valence-corrected chi connectivity index (χ0v) is 11.6. The molecular weight excluding hydrogens is 276 g/mol. The fourth-order valence-corrected chi connectivity index (χ4v) is 2.46. The van der Waals surface area contributed by atoms with E-state index in [9.17, 15) is 0 Å². The molecule has 0 saturated carbocycles. The van der Waals surface area contributed by atoms with Gasteiger partial charge in [-0.25, -0.2) is 0 Å². The smallest absolute Gasteiger partial charge is 0.108 e. The third kappa shape index (κ3) is 2.76. The topological polar surface area (TPSA) is 9.23 Å². The van der Waals surface area contributed by atoms with Crippen molar-refractivity contribution >= 4 is 15.9 Å². The second kappa shape index (κ2) is 5.48. The largest absolute Gasteiger partial charge is 0.372 e. The highest BCUT2D eigenvalue weighted by atomic mass is 79.9. The molecule has 0 aliphatic carbocycles. The maximum atomic E-state index is 5.63. The Balaban J connectivity index is 2.44. The SMILES string of the molecule is CO[C@H](c1cccc(C)c1)c1ccccc1Br. The van der Waals surface area contributed by atoms with Crippen LogP contribution in [0.1, 0.15) is 22.8 Å². The molecule has 0 radical (unpaired) electrons. The van der Waals surface area contributed by atoms with Gasteiger partial charge >= 0.3 is 0 Å². The lowest BCUT2D eigenvalue weighted by Crippen LogP contribution is -2.04. The fraction of sp³-hybridized carbons (Fsp3) is 0.200. The van der Waals surface area contributed by atoms with Crippen LogP contribution in [-0.4, -0.2) is 7.11 Å². The summed E-state index contributed by atoms with van der Waals surface area (Å²) in [6.07, 6.45) is -0.0227. The molecule has 2 heteroatoms. The van der Waals surface area contributed by atoms with Gasteiger partial charge in [-0.15, -0.1) is 0 Å². The highest BCUT2D eigenvalue weighted by Gasteiger charge is 2.15. The number of benzene rings is 2. The molecule has 0 amide bonds. The predicted octanol–water partition coefficient (Wildman–Crippen LogP) is 4.49. The normalized spacial score (nSPS) is 12.4. The molecule has 0 fully saturated rings. The van der Waals surface area contributed by atoms with Crippen LogP contribution in [0.3, 0.4) is 0 Å². The lowest BCUT2D eigenvalue weighted by atomic mass is 10.00. The summed E-state index contributed by atoms with van der Waals surface area (Å²) in [4.78, 5) is 0. The van der Waals surface area contributed by atoms with Gasteiger partial charge in [0, 0.05) is 11.6 Å². The Bertz CT molecular complexity index is 508. The molecule has 0 aliphatic heterocycles. The van der Waals surface area contributed by atoms with Crippen LogP contribution in [0.15, 0.2) is 53.0 Å². The first-order valence-electron chi connectivity index (χ1n) is 5.56. The zero-order valence-electron chi connectivity index (χ0n) is 9.98. The van der Waals surface area contributed by atoms with Crippen LogP contribution < -0.4 is 0 Å². The van der Waals surface area contributed by atoms with E-state index in [4.69, 9.17) is 4.74 Å². The van der Waals surface area contributed by atoms with Gasteiger partial charge in [0.2, 0.25) is 0 Å².